The second-order valence-electron chi connectivity index (χ2n) is 3.16. The van der Waals surface area contributed by atoms with Gasteiger partial charge < -0.3 is 0 Å². The van der Waals surface area contributed by atoms with Gasteiger partial charge in [0.1, 0.15) is 0 Å². The van der Waals surface area contributed by atoms with Crippen LogP contribution in [0.2, 0.25) is 17.6 Å². The third-order valence-corrected chi connectivity index (χ3v) is 15.5. The average Bonchev–Trinajstić information content (AvgIpc) is 1.84. The van der Waals surface area contributed by atoms with Crippen LogP contribution in [0.5, 0.6) is 0 Å². The van der Waals surface area contributed by atoms with Gasteiger partial charge in [-0.15, -0.1) is 0 Å². The molecule has 11 heavy (non-hydrogen) atoms. The predicted octanol–water partition coefficient (Wildman–Crippen LogP) is 2.26. The van der Waals surface area contributed by atoms with Gasteiger partial charge in [-0.2, -0.15) is 0 Å². The van der Waals surface area contributed by atoms with Crippen molar-refractivity contribution >= 4 is 44.9 Å². The Labute approximate surface area is 89.1 Å². The molecule has 0 N–H and O–H groups in total. The van der Waals surface area contributed by atoms with Gasteiger partial charge in [0, 0.05) is 0 Å². The summed E-state index contributed by atoms with van der Waals surface area (Å²) in [7, 11) is 0. The van der Waals surface area contributed by atoms with Gasteiger partial charge in [0.2, 0.25) is 0 Å². The first kappa shape index (κ1) is 10.6. The molecular formula is C8H16Se3. The molecule has 0 aromatic heterocycles. The van der Waals surface area contributed by atoms with E-state index in [-0.39, 0.29) is 0 Å². The van der Waals surface area contributed by atoms with E-state index in [0.29, 0.717) is 0 Å². The van der Waals surface area contributed by atoms with Crippen molar-refractivity contribution in [1.29, 1.82) is 0 Å². The normalized spacial score (nSPS) is 45.8. The first-order valence-corrected chi connectivity index (χ1v) is 10.2. The number of hydrogen-bond acceptors (Lipinski definition) is 0. The van der Waals surface area contributed by atoms with Crippen LogP contribution in [0.4, 0.5) is 0 Å². The summed E-state index contributed by atoms with van der Waals surface area (Å²) in [6, 6.07) is 0. The molecule has 0 saturated carbocycles. The topological polar surface area (TPSA) is 0 Å². The summed E-state index contributed by atoms with van der Waals surface area (Å²) in [6.07, 6.45) is 1.52. The summed E-state index contributed by atoms with van der Waals surface area (Å²) < 4.78 is 0.851. The number of rotatable bonds is 1. The Hall–Kier alpha value is 1.56. The Morgan fingerprint density at radius 1 is 1.27 bits per heavy atom. The molecule has 66 valence electrons. The quantitative estimate of drug-likeness (QED) is 0.638. The molecule has 1 aliphatic heterocycles. The fourth-order valence-corrected chi connectivity index (χ4v) is 17.1. The first-order valence-electron chi connectivity index (χ1n) is 3.96. The third-order valence-electron chi connectivity index (χ3n) is 1.87. The zero-order chi connectivity index (χ0) is 8.48. The van der Waals surface area contributed by atoms with Crippen molar-refractivity contribution < 1.29 is 0 Å². The van der Waals surface area contributed by atoms with Crippen LogP contribution in [0.1, 0.15) is 27.2 Å². The Bertz CT molecular complexity index is 125. The Morgan fingerprint density at radius 3 is 2.09 bits per heavy atom. The molecule has 0 aromatic rings. The molecule has 0 nitrogen and oxygen atoms in total. The summed E-state index contributed by atoms with van der Waals surface area (Å²) in [5.41, 5.74) is 0. The standard InChI is InChI=1S/C8H16Se3/c1-6-5-7(2)11-8(3,9-4)10-6/h6-7H,5H2,1-4H3/t6-,7+,8?. The summed E-state index contributed by atoms with van der Waals surface area (Å²) in [5, 5.41) is 0. The monoisotopic (exact) mass is 352 g/mol. The molecule has 0 aliphatic carbocycles. The predicted molar refractivity (Wildman–Crippen MR) is 55.0 cm³/mol. The second kappa shape index (κ2) is 4.18. The molecule has 1 saturated heterocycles. The number of hydrogen-bond donors (Lipinski definition) is 0. The molecule has 0 amide bonds. The average molecular weight is 349 g/mol. The Kier molecular flexibility index (Phi) is 4.04. The van der Waals surface area contributed by atoms with Gasteiger partial charge in [0.05, 0.1) is 0 Å². The van der Waals surface area contributed by atoms with Crippen LogP contribution < -0.4 is 0 Å². The molecule has 0 spiro atoms. The van der Waals surface area contributed by atoms with Crippen molar-refractivity contribution in [3.63, 3.8) is 0 Å². The van der Waals surface area contributed by atoms with Gasteiger partial charge in [-0.1, -0.05) is 0 Å². The van der Waals surface area contributed by atoms with E-state index in [1.165, 1.54) is 6.42 Å². The second-order valence-corrected chi connectivity index (χ2v) is 17.5. The van der Waals surface area contributed by atoms with Gasteiger partial charge in [-0.3, -0.25) is 0 Å². The molecule has 3 atom stereocenters. The summed E-state index contributed by atoms with van der Waals surface area (Å²) in [4.78, 5) is 2.11. The van der Waals surface area contributed by atoms with Crippen molar-refractivity contribution in [3.05, 3.63) is 0 Å². The van der Waals surface area contributed by atoms with Crippen LogP contribution in [-0.2, 0) is 0 Å². The zero-order valence-corrected chi connectivity index (χ0v) is 12.7. The van der Waals surface area contributed by atoms with Gasteiger partial charge in [-0.05, 0) is 0 Å². The van der Waals surface area contributed by atoms with E-state index >= 15 is 0 Å². The molecule has 0 aromatic carbocycles. The Morgan fingerprint density at radius 2 is 1.73 bits per heavy atom. The summed E-state index contributed by atoms with van der Waals surface area (Å²) in [5.74, 6) is 2.43. The third kappa shape index (κ3) is 3.07. The van der Waals surface area contributed by atoms with Crippen LogP contribution in [0.15, 0.2) is 0 Å². The molecule has 1 rings (SSSR count). The van der Waals surface area contributed by atoms with Crippen molar-refractivity contribution in [2.75, 3.05) is 0 Å². The summed E-state index contributed by atoms with van der Waals surface area (Å²) in [6.45, 7) is 7.45. The van der Waals surface area contributed by atoms with Crippen LogP contribution in [0, 0.1) is 0 Å². The van der Waals surface area contributed by atoms with Crippen molar-refractivity contribution in [1.82, 2.24) is 0 Å². The van der Waals surface area contributed by atoms with Crippen molar-refractivity contribution in [2.45, 2.75) is 44.8 Å². The SMILES string of the molecule is C[Se]C1(C)[Se][C@H](C)C[C@H](C)[Se]1. The minimum absolute atomic E-state index is 0.851. The minimum atomic E-state index is 0.851. The first-order chi connectivity index (χ1) is 5.06. The molecular weight excluding hydrogens is 333 g/mol. The van der Waals surface area contributed by atoms with Gasteiger partial charge >= 0.3 is 89.6 Å². The van der Waals surface area contributed by atoms with E-state index < -0.39 is 0 Å². The van der Waals surface area contributed by atoms with Gasteiger partial charge in [0.15, 0.2) is 0 Å². The molecule has 0 radical (unpaired) electrons. The maximum absolute atomic E-state index is 2.54. The van der Waals surface area contributed by atoms with E-state index in [4.69, 9.17) is 0 Å². The fourth-order valence-electron chi connectivity index (χ4n) is 1.42. The molecule has 1 heterocycles. The van der Waals surface area contributed by atoms with Crippen LogP contribution in [0.3, 0.4) is 0 Å². The van der Waals surface area contributed by atoms with E-state index in [2.05, 4.69) is 26.6 Å². The Balaban J connectivity index is 2.55. The van der Waals surface area contributed by atoms with E-state index in [1.807, 2.05) is 0 Å². The zero-order valence-electron chi connectivity index (χ0n) is 7.59. The molecule has 1 unspecified atom stereocenters. The van der Waals surface area contributed by atoms with Crippen LogP contribution in [-0.4, -0.2) is 44.9 Å². The fraction of sp³-hybridized carbons (Fsp3) is 1.00. The maximum atomic E-state index is 2.54. The van der Waals surface area contributed by atoms with Crippen molar-refractivity contribution in [3.8, 4) is 0 Å². The summed E-state index contributed by atoms with van der Waals surface area (Å²) >= 11 is 2.80. The van der Waals surface area contributed by atoms with Crippen LogP contribution in [0.25, 0.3) is 0 Å². The van der Waals surface area contributed by atoms with E-state index in [0.717, 1.165) is 56.6 Å². The van der Waals surface area contributed by atoms with Gasteiger partial charge in [0.25, 0.3) is 0 Å². The molecule has 0 bridgehead atoms. The molecule has 1 fully saturated rings. The van der Waals surface area contributed by atoms with Crippen molar-refractivity contribution in [2.24, 2.45) is 0 Å². The van der Waals surface area contributed by atoms with Crippen LogP contribution >= 0.6 is 0 Å². The van der Waals surface area contributed by atoms with E-state index in [9.17, 15) is 0 Å². The molecule has 3 heteroatoms. The van der Waals surface area contributed by atoms with E-state index in [1.54, 1.807) is 0 Å². The molecule has 1 aliphatic rings. The van der Waals surface area contributed by atoms with Gasteiger partial charge in [-0.25, -0.2) is 0 Å².